The first-order chi connectivity index (χ1) is 19.4. The number of ketones is 3. The van der Waals surface area contributed by atoms with Crippen LogP contribution >= 0.6 is 34.8 Å². The summed E-state index contributed by atoms with van der Waals surface area (Å²) in [5.74, 6) is 1.47. The maximum atomic E-state index is 12.4. The topological polar surface area (TPSA) is 69.7 Å². The van der Waals surface area contributed by atoms with Crippen molar-refractivity contribution in [3.63, 3.8) is 0 Å². The summed E-state index contributed by atoms with van der Waals surface area (Å²) >= 11 is 17.0. The molecule has 0 N–H and O–H groups in total. The van der Waals surface area contributed by atoms with Crippen LogP contribution in [-0.4, -0.2) is 35.0 Å². The number of carbonyl (C=O) groups excluding carboxylic acids is 3. The zero-order chi connectivity index (χ0) is 28.2. The number of fused-ring (bicyclic) bond motifs is 4. The highest BCUT2D eigenvalue weighted by Crippen LogP contribution is 2.40. The van der Waals surface area contributed by atoms with E-state index >= 15 is 0 Å². The van der Waals surface area contributed by atoms with E-state index in [1.807, 2.05) is 24.3 Å². The van der Waals surface area contributed by atoms with Crippen LogP contribution in [0, 0.1) is 0 Å². The van der Waals surface area contributed by atoms with Crippen LogP contribution in [-0.2, 0) is 12.8 Å². The van der Waals surface area contributed by atoms with E-state index in [2.05, 4.69) is 24.3 Å². The van der Waals surface area contributed by atoms with Crippen molar-refractivity contribution in [3.05, 3.63) is 118 Å². The molecule has 0 spiro atoms. The average molecular weight is 594 g/mol. The molecule has 2 aliphatic rings. The number of rotatable bonds is 6. The Balaban J connectivity index is 0.000000192. The van der Waals surface area contributed by atoms with Crippen LogP contribution in [0.2, 0.25) is 0 Å². The highest BCUT2D eigenvalue weighted by Gasteiger charge is 2.27. The molecule has 2 aliphatic heterocycles. The molecule has 4 aromatic rings. The predicted octanol–water partition coefficient (Wildman–Crippen LogP) is 8.03. The summed E-state index contributed by atoms with van der Waals surface area (Å²) in [6, 6.07) is 24.6. The maximum Gasteiger partial charge on any atom is 0.178 e. The molecule has 4 aromatic carbocycles. The second-order valence-corrected chi connectivity index (χ2v) is 10.0. The molecule has 0 bridgehead atoms. The molecule has 0 saturated heterocycles. The van der Waals surface area contributed by atoms with E-state index in [9.17, 15) is 14.4 Å². The largest absolute Gasteiger partial charge is 0.457 e. The van der Waals surface area contributed by atoms with Gasteiger partial charge in [0, 0.05) is 40.7 Å². The van der Waals surface area contributed by atoms with E-state index in [0.29, 0.717) is 29.0 Å². The second kappa shape index (κ2) is 12.3. The highest BCUT2D eigenvalue weighted by atomic mass is 35.5. The minimum absolute atomic E-state index is 0.124. The molecule has 5 nitrogen and oxygen atoms in total. The van der Waals surface area contributed by atoms with Crippen LogP contribution in [0.3, 0.4) is 0 Å². The molecule has 0 aromatic heterocycles. The quantitative estimate of drug-likeness (QED) is 0.144. The van der Waals surface area contributed by atoms with Gasteiger partial charge < -0.3 is 9.47 Å². The predicted molar refractivity (Wildman–Crippen MR) is 157 cm³/mol. The van der Waals surface area contributed by atoms with E-state index in [-0.39, 0.29) is 46.1 Å². The van der Waals surface area contributed by atoms with Gasteiger partial charge >= 0.3 is 0 Å². The lowest BCUT2D eigenvalue weighted by molar-refractivity contribution is 0.0983. The van der Waals surface area contributed by atoms with E-state index in [1.165, 1.54) is 17.2 Å². The number of para-hydroxylation sites is 2. The van der Waals surface area contributed by atoms with Crippen LogP contribution in [0.25, 0.3) is 0 Å². The van der Waals surface area contributed by atoms with Gasteiger partial charge in [-0.25, -0.2) is 0 Å². The number of hydrogen-bond donors (Lipinski definition) is 0. The summed E-state index contributed by atoms with van der Waals surface area (Å²) < 4.78 is 11.6. The zero-order valence-electron chi connectivity index (χ0n) is 21.2. The van der Waals surface area contributed by atoms with E-state index in [4.69, 9.17) is 44.3 Å². The Kier molecular flexibility index (Phi) is 8.55. The van der Waals surface area contributed by atoms with Gasteiger partial charge in [0.05, 0.1) is 17.6 Å². The molecule has 6 rings (SSSR count). The van der Waals surface area contributed by atoms with Crippen molar-refractivity contribution in [2.45, 2.75) is 12.8 Å². The molecule has 0 saturated carbocycles. The molecule has 202 valence electrons. The minimum atomic E-state index is -0.378. The fourth-order valence-electron chi connectivity index (χ4n) is 4.79. The molecule has 0 amide bonds. The SMILES string of the molecule is O=C(CCl)c1ccc2c(c1)Cc1c(ccc(C(=O)CCl)c1C(=O)CCl)O2.c1ccc2c(c1)Cc1ccccc1O2. The molecule has 0 radical (unpaired) electrons. The third-order valence-electron chi connectivity index (χ3n) is 6.73. The van der Waals surface area contributed by atoms with Crippen LogP contribution in [0.15, 0.2) is 78.9 Å². The number of ether oxygens (including phenoxy) is 2. The molecule has 40 heavy (non-hydrogen) atoms. The van der Waals surface area contributed by atoms with Crippen molar-refractivity contribution in [2.75, 3.05) is 17.6 Å². The summed E-state index contributed by atoms with van der Waals surface area (Å²) in [4.78, 5) is 36.4. The molecule has 8 heteroatoms. The van der Waals surface area contributed by atoms with Gasteiger partial charge in [0.2, 0.25) is 0 Å². The summed E-state index contributed by atoms with van der Waals surface area (Å²) in [5.41, 5.74) is 4.75. The molecular formula is C32H23Cl3O5. The first-order valence-corrected chi connectivity index (χ1v) is 14.1. The van der Waals surface area contributed by atoms with Gasteiger partial charge in [0.1, 0.15) is 23.0 Å². The lowest BCUT2D eigenvalue weighted by Gasteiger charge is -2.24. The number of Topliss-reactive ketones (excluding diaryl/α,β-unsaturated/α-hetero) is 3. The zero-order valence-corrected chi connectivity index (χ0v) is 23.5. The Labute approximate surface area is 246 Å². The smallest absolute Gasteiger partial charge is 0.178 e. The molecule has 0 atom stereocenters. The van der Waals surface area contributed by atoms with Gasteiger partial charge in [-0.3, -0.25) is 14.4 Å². The normalized spacial score (nSPS) is 12.2. The van der Waals surface area contributed by atoms with E-state index in [0.717, 1.165) is 23.5 Å². The van der Waals surface area contributed by atoms with Gasteiger partial charge in [0.15, 0.2) is 17.3 Å². The molecule has 2 heterocycles. The number of benzene rings is 4. The number of hydrogen-bond acceptors (Lipinski definition) is 5. The summed E-state index contributed by atoms with van der Waals surface area (Å²) in [7, 11) is 0. The van der Waals surface area contributed by atoms with Crippen LogP contribution in [0.1, 0.15) is 53.3 Å². The summed E-state index contributed by atoms with van der Waals surface area (Å²) in [5, 5.41) is 0. The van der Waals surface area contributed by atoms with E-state index < -0.39 is 0 Å². The van der Waals surface area contributed by atoms with Crippen molar-refractivity contribution < 1.29 is 23.9 Å². The second-order valence-electron chi connectivity index (χ2n) is 9.23. The maximum absolute atomic E-state index is 12.4. The lowest BCUT2D eigenvalue weighted by atomic mass is 9.89. The van der Waals surface area contributed by atoms with E-state index in [1.54, 1.807) is 24.3 Å². The minimum Gasteiger partial charge on any atom is -0.457 e. The summed E-state index contributed by atoms with van der Waals surface area (Å²) in [6.07, 6.45) is 1.31. The van der Waals surface area contributed by atoms with Crippen LogP contribution in [0.4, 0.5) is 0 Å². The Morgan fingerprint density at radius 1 is 0.575 bits per heavy atom. The van der Waals surface area contributed by atoms with Gasteiger partial charge in [-0.15, -0.1) is 34.8 Å². The number of alkyl halides is 3. The number of carbonyl (C=O) groups is 3. The standard InChI is InChI=1S/C19H13Cl3O4.C13H10O/c20-7-14(23)10-1-3-17-11(5-10)6-13-18(26-17)4-2-12(15(24)8-21)19(13)16(25)9-22;1-3-7-12-10(5-1)9-11-6-2-4-8-13(11)14-12/h1-5H,6-9H2;1-8H,9H2. The summed E-state index contributed by atoms with van der Waals surface area (Å²) in [6.45, 7) is 0. The first-order valence-electron chi connectivity index (χ1n) is 12.5. The molecule has 0 aliphatic carbocycles. The van der Waals surface area contributed by atoms with Crippen molar-refractivity contribution >= 4 is 52.2 Å². The van der Waals surface area contributed by atoms with Crippen molar-refractivity contribution in [3.8, 4) is 23.0 Å². The van der Waals surface area contributed by atoms with Gasteiger partial charge in [0.25, 0.3) is 0 Å². The molecule has 0 unspecified atom stereocenters. The third kappa shape index (κ3) is 5.64. The van der Waals surface area contributed by atoms with Gasteiger partial charge in [-0.2, -0.15) is 0 Å². The number of halogens is 3. The van der Waals surface area contributed by atoms with Crippen molar-refractivity contribution in [2.24, 2.45) is 0 Å². The van der Waals surface area contributed by atoms with Crippen molar-refractivity contribution in [1.29, 1.82) is 0 Å². The Morgan fingerprint density at radius 3 is 1.75 bits per heavy atom. The average Bonchev–Trinajstić information content (AvgIpc) is 3.01. The monoisotopic (exact) mass is 592 g/mol. The van der Waals surface area contributed by atoms with Crippen LogP contribution < -0.4 is 9.47 Å². The lowest BCUT2D eigenvalue weighted by Crippen LogP contribution is -2.17. The van der Waals surface area contributed by atoms with Gasteiger partial charge in [-0.1, -0.05) is 36.4 Å². The van der Waals surface area contributed by atoms with Gasteiger partial charge in [-0.05, 0) is 53.6 Å². The van der Waals surface area contributed by atoms with Crippen LogP contribution in [0.5, 0.6) is 23.0 Å². The molecule has 0 fully saturated rings. The Morgan fingerprint density at radius 2 is 1.12 bits per heavy atom. The highest BCUT2D eigenvalue weighted by molar-refractivity contribution is 6.34. The molecular weight excluding hydrogens is 571 g/mol. The van der Waals surface area contributed by atoms with Crippen molar-refractivity contribution in [1.82, 2.24) is 0 Å². The third-order valence-corrected chi connectivity index (χ3v) is 7.46. The first kappa shape index (κ1) is 27.9. The fourth-order valence-corrected chi connectivity index (χ4v) is 5.22. The fraction of sp³-hybridized carbons (Fsp3) is 0.156. The Bertz CT molecular complexity index is 1540. The Hall–Kier alpha value is -3.64.